The normalized spacial score (nSPS) is 31.1. The van der Waals surface area contributed by atoms with E-state index in [4.69, 9.17) is 23.7 Å². The van der Waals surface area contributed by atoms with Crippen LogP contribution in [0.4, 0.5) is 0 Å². The molecule has 0 radical (unpaired) electrons. The number of methoxy groups -OCH3 is 3. The topological polar surface area (TPSA) is 126 Å². The van der Waals surface area contributed by atoms with Crippen LogP contribution in [-0.2, 0) is 15.6 Å². The van der Waals surface area contributed by atoms with Crippen LogP contribution in [0.5, 0.6) is 23.0 Å². The molecule has 48 heavy (non-hydrogen) atoms. The zero-order valence-electron chi connectivity index (χ0n) is 28.8. The van der Waals surface area contributed by atoms with Gasteiger partial charge in [0, 0.05) is 7.11 Å². The van der Waals surface area contributed by atoms with E-state index in [-0.39, 0.29) is 12.2 Å². The largest absolute Gasteiger partial charge is 0.493 e. The number of hydrogen-bond donors (Lipinski definition) is 2. The molecule has 6 rings (SSSR count). The van der Waals surface area contributed by atoms with Crippen molar-refractivity contribution in [2.45, 2.75) is 137 Å². The SMILES string of the molecule is COc1ccc(C2(C#N)CCC(NO)(C3(OC)CCC(C#N)(c4ccc(OC)c(OC5CCCC5)c4)CC3)CC2)cc1OC1CCCC1. The minimum Gasteiger partial charge on any atom is -0.493 e. The predicted molar refractivity (Wildman–Crippen MR) is 181 cm³/mol. The van der Waals surface area contributed by atoms with E-state index in [1.54, 1.807) is 21.3 Å². The van der Waals surface area contributed by atoms with E-state index < -0.39 is 22.0 Å². The van der Waals surface area contributed by atoms with E-state index in [9.17, 15) is 15.7 Å². The van der Waals surface area contributed by atoms with Gasteiger partial charge in [-0.05, 0) is 138 Å². The molecule has 9 heteroatoms. The molecular formula is C39H51N3O6. The lowest BCUT2D eigenvalue weighted by molar-refractivity contribution is -0.164. The van der Waals surface area contributed by atoms with Crippen molar-refractivity contribution in [1.29, 1.82) is 10.5 Å². The highest BCUT2D eigenvalue weighted by atomic mass is 16.5. The summed E-state index contributed by atoms with van der Waals surface area (Å²) in [5.74, 6) is 2.75. The van der Waals surface area contributed by atoms with Gasteiger partial charge in [0.2, 0.25) is 0 Å². The number of nitriles is 2. The van der Waals surface area contributed by atoms with Crippen LogP contribution in [-0.4, -0.2) is 49.9 Å². The van der Waals surface area contributed by atoms with Gasteiger partial charge in [0.15, 0.2) is 23.0 Å². The average Bonchev–Trinajstić information content (AvgIpc) is 3.86. The van der Waals surface area contributed by atoms with Crippen LogP contribution in [0.3, 0.4) is 0 Å². The van der Waals surface area contributed by atoms with Crippen molar-refractivity contribution in [2.24, 2.45) is 0 Å². The summed E-state index contributed by atoms with van der Waals surface area (Å²) >= 11 is 0. The fraction of sp³-hybridized carbons (Fsp3) is 0.641. The maximum absolute atomic E-state index is 10.9. The summed E-state index contributed by atoms with van der Waals surface area (Å²) in [6.45, 7) is 0. The molecular weight excluding hydrogens is 606 g/mol. The van der Waals surface area contributed by atoms with Gasteiger partial charge >= 0.3 is 0 Å². The predicted octanol–water partition coefficient (Wildman–Crippen LogP) is 7.82. The number of nitrogens with zero attached hydrogens (tertiary/aromatic N) is 2. The summed E-state index contributed by atoms with van der Waals surface area (Å²) in [5, 5.41) is 32.2. The van der Waals surface area contributed by atoms with Crippen molar-refractivity contribution in [1.82, 2.24) is 5.48 Å². The maximum Gasteiger partial charge on any atom is 0.161 e. The molecule has 9 nitrogen and oxygen atoms in total. The standard InChI is InChI=1S/C39H51N3O6/c1-44-32-14-12-28(24-34(32)47-30-8-4-5-9-30)36(26-40)16-20-38(42-43,21-17-36)39(46-3)22-18-37(27-41,19-23-39)29-13-15-33(45-2)35(25-29)48-31-10-6-7-11-31/h12-15,24-25,30-31,42-43H,4-11,16-23H2,1-3H3. The summed E-state index contributed by atoms with van der Waals surface area (Å²) in [5.41, 5.74) is 1.63. The molecule has 258 valence electrons. The summed E-state index contributed by atoms with van der Waals surface area (Å²) in [6, 6.07) is 17.1. The molecule has 4 aliphatic carbocycles. The molecule has 4 fully saturated rings. The third kappa shape index (κ3) is 6.10. The maximum atomic E-state index is 10.9. The lowest BCUT2D eigenvalue weighted by atomic mass is 9.55. The monoisotopic (exact) mass is 657 g/mol. The van der Waals surface area contributed by atoms with E-state index in [1.165, 1.54) is 12.8 Å². The van der Waals surface area contributed by atoms with Gasteiger partial charge < -0.3 is 28.9 Å². The fourth-order valence-corrected chi connectivity index (χ4v) is 9.17. The molecule has 0 saturated heterocycles. The van der Waals surface area contributed by atoms with Crippen molar-refractivity contribution < 1.29 is 28.9 Å². The first-order valence-corrected chi connectivity index (χ1v) is 17.8. The number of rotatable bonds is 11. The molecule has 0 heterocycles. The number of hydroxylamine groups is 1. The second-order valence-corrected chi connectivity index (χ2v) is 14.6. The molecule has 0 aromatic heterocycles. The third-order valence-electron chi connectivity index (χ3n) is 12.4. The molecule has 0 amide bonds. The van der Waals surface area contributed by atoms with Gasteiger partial charge in [-0.25, -0.2) is 0 Å². The quantitative estimate of drug-likeness (QED) is 0.233. The molecule has 4 aliphatic rings. The molecule has 2 aromatic rings. The Labute approximate surface area is 285 Å². The number of benzene rings is 2. The van der Waals surface area contributed by atoms with E-state index in [1.807, 2.05) is 36.4 Å². The minimum atomic E-state index is -0.768. The van der Waals surface area contributed by atoms with Crippen LogP contribution in [0.1, 0.15) is 114 Å². The van der Waals surface area contributed by atoms with Crippen molar-refractivity contribution in [3.8, 4) is 35.1 Å². The Morgan fingerprint density at radius 2 is 1.04 bits per heavy atom. The zero-order chi connectivity index (χ0) is 33.8. The van der Waals surface area contributed by atoms with Crippen LogP contribution in [0, 0.1) is 22.7 Å². The average molecular weight is 658 g/mol. The molecule has 0 bridgehead atoms. The van der Waals surface area contributed by atoms with Crippen molar-refractivity contribution in [3.63, 3.8) is 0 Å². The number of ether oxygens (including phenoxy) is 5. The smallest absolute Gasteiger partial charge is 0.161 e. The van der Waals surface area contributed by atoms with Gasteiger partial charge in [0.25, 0.3) is 0 Å². The molecule has 4 saturated carbocycles. The van der Waals surface area contributed by atoms with Crippen molar-refractivity contribution >= 4 is 0 Å². The molecule has 0 aliphatic heterocycles. The third-order valence-corrected chi connectivity index (χ3v) is 12.4. The number of nitrogens with one attached hydrogen (secondary N) is 1. The zero-order valence-corrected chi connectivity index (χ0v) is 28.8. The van der Waals surface area contributed by atoms with Crippen LogP contribution < -0.4 is 24.4 Å². The number of hydrogen-bond acceptors (Lipinski definition) is 9. The van der Waals surface area contributed by atoms with E-state index in [0.29, 0.717) is 74.4 Å². The van der Waals surface area contributed by atoms with Crippen LogP contribution in [0.2, 0.25) is 0 Å². The van der Waals surface area contributed by atoms with Gasteiger partial charge in [-0.2, -0.15) is 16.0 Å². The second kappa shape index (κ2) is 14.2. The Balaban J connectivity index is 1.21. The minimum absolute atomic E-state index is 0.169. The highest BCUT2D eigenvalue weighted by molar-refractivity contribution is 5.49. The van der Waals surface area contributed by atoms with Crippen LogP contribution >= 0.6 is 0 Å². The Hall–Kier alpha value is -3.50. The Morgan fingerprint density at radius 3 is 1.40 bits per heavy atom. The van der Waals surface area contributed by atoms with Gasteiger partial charge in [-0.15, -0.1) is 0 Å². The van der Waals surface area contributed by atoms with Crippen LogP contribution in [0.15, 0.2) is 36.4 Å². The second-order valence-electron chi connectivity index (χ2n) is 14.6. The summed E-state index contributed by atoms with van der Waals surface area (Å²) in [7, 11) is 5.00. The van der Waals surface area contributed by atoms with E-state index in [0.717, 1.165) is 49.7 Å². The molecule has 0 atom stereocenters. The van der Waals surface area contributed by atoms with Gasteiger partial charge in [0.05, 0.1) is 60.5 Å². The molecule has 0 unspecified atom stereocenters. The highest BCUT2D eigenvalue weighted by Crippen LogP contribution is 2.55. The lowest BCUT2D eigenvalue weighted by Gasteiger charge is -2.56. The lowest BCUT2D eigenvalue weighted by Crippen LogP contribution is -2.67. The summed E-state index contributed by atoms with van der Waals surface area (Å²) in [6.07, 6.45) is 13.6. The van der Waals surface area contributed by atoms with Gasteiger partial charge in [-0.3, -0.25) is 0 Å². The van der Waals surface area contributed by atoms with Crippen LogP contribution in [0.25, 0.3) is 0 Å². The van der Waals surface area contributed by atoms with E-state index in [2.05, 4.69) is 17.6 Å². The fourth-order valence-electron chi connectivity index (χ4n) is 9.17. The summed E-state index contributed by atoms with van der Waals surface area (Å²) in [4.78, 5) is 0. The Morgan fingerprint density at radius 1 is 0.625 bits per heavy atom. The molecule has 2 aromatic carbocycles. The van der Waals surface area contributed by atoms with E-state index >= 15 is 0 Å². The first-order valence-electron chi connectivity index (χ1n) is 17.8. The summed E-state index contributed by atoms with van der Waals surface area (Å²) < 4.78 is 30.4. The van der Waals surface area contributed by atoms with Gasteiger partial charge in [0.1, 0.15) is 0 Å². The van der Waals surface area contributed by atoms with Crippen molar-refractivity contribution in [3.05, 3.63) is 47.5 Å². The van der Waals surface area contributed by atoms with Crippen molar-refractivity contribution in [2.75, 3.05) is 21.3 Å². The van der Waals surface area contributed by atoms with Gasteiger partial charge in [-0.1, -0.05) is 12.1 Å². The Kier molecular flexibility index (Phi) is 10.1. The first kappa shape index (κ1) is 34.4. The molecule has 0 spiro atoms. The molecule has 2 N–H and O–H groups in total. The first-order chi connectivity index (χ1) is 23.3. The Bertz CT molecular complexity index is 1390. The highest BCUT2D eigenvalue weighted by Gasteiger charge is 2.59.